The molecule has 0 heterocycles. The maximum absolute atomic E-state index is 12.7. The van der Waals surface area contributed by atoms with Gasteiger partial charge in [-0.1, -0.05) is 25.7 Å². The second kappa shape index (κ2) is 5.61. The summed E-state index contributed by atoms with van der Waals surface area (Å²) in [6, 6.07) is 0.218. The standard InChI is InChI=1S/C10H19F2NO/c11-10(12,8-14)7-13-9-5-3-1-2-4-6-9/h9,13-14H,1-8H2. The predicted octanol–water partition coefficient (Wildman–Crippen LogP) is 1.93. The highest BCUT2D eigenvalue weighted by molar-refractivity contribution is 4.75. The quantitative estimate of drug-likeness (QED) is 0.690. The number of aliphatic hydroxyl groups is 1. The summed E-state index contributed by atoms with van der Waals surface area (Å²) in [4.78, 5) is 0. The molecule has 0 unspecified atom stereocenters. The Morgan fingerprint density at radius 3 is 2.21 bits per heavy atom. The van der Waals surface area contributed by atoms with E-state index in [1.54, 1.807) is 0 Å². The molecule has 2 N–H and O–H groups in total. The van der Waals surface area contributed by atoms with Gasteiger partial charge in [0.05, 0.1) is 6.54 Å². The number of hydrogen-bond donors (Lipinski definition) is 2. The van der Waals surface area contributed by atoms with Crippen molar-refractivity contribution in [2.45, 2.75) is 50.5 Å². The van der Waals surface area contributed by atoms with Crippen molar-refractivity contribution in [3.63, 3.8) is 0 Å². The van der Waals surface area contributed by atoms with E-state index >= 15 is 0 Å². The molecule has 4 heteroatoms. The van der Waals surface area contributed by atoms with Crippen molar-refractivity contribution in [2.24, 2.45) is 0 Å². The topological polar surface area (TPSA) is 32.3 Å². The minimum absolute atomic E-state index is 0.218. The monoisotopic (exact) mass is 207 g/mol. The van der Waals surface area contributed by atoms with Crippen LogP contribution in [-0.2, 0) is 0 Å². The van der Waals surface area contributed by atoms with Crippen molar-refractivity contribution in [2.75, 3.05) is 13.2 Å². The predicted molar refractivity (Wildman–Crippen MR) is 51.5 cm³/mol. The first-order valence-electron chi connectivity index (χ1n) is 5.36. The Hall–Kier alpha value is -0.220. The third-order valence-electron chi connectivity index (χ3n) is 2.74. The Bertz CT molecular complexity index is 156. The van der Waals surface area contributed by atoms with Gasteiger partial charge in [-0.15, -0.1) is 0 Å². The molecule has 0 atom stereocenters. The lowest BCUT2D eigenvalue weighted by molar-refractivity contribution is -0.0495. The molecular weight excluding hydrogens is 188 g/mol. The highest BCUT2D eigenvalue weighted by Crippen LogP contribution is 2.18. The average molecular weight is 207 g/mol. The van der Waals surface area contributed by atoms with Crippen molar-refractivity contribution in [1.82, 2.24) is 5.32 Å². The minimum Gasteiger partial charge on any atom is -0.390 e. The fraction of sp³-hybridized carbons (Fsp3) is 1.00. The lowest BCUT2D eigenvalue weighted by Crippen LogP contribution is -2.41. The van der Waals surface area contributed by atoms with Gasteiger partial charge < -0.3 is 10.4 Å². The molecule has 1 fully saturated rings. The normalized spacial score (nSPS) is 20.8. The van der Waals surface area contributed by atoms with E-state index in [1.165, 1.54) is 12.8 Å². The molecule has 0 aromatic carbocycles. The molecule has 2 nitrogen and oxygen atoms in total. The van der Waals surface area contributed by atoms with E-state index < -0.39 is 19.1 Å². The van der Waals surface area contributed by atoms with E-state index in [-0.39, 0.29) is 6.04 Å². The molecule has 0 spiro atoms. The Morgan fingerprint density at radius 2 is 1.71 bits per heavy atom. The molecule has 0 amide bonds. The SMILES string of the molecule is OCC(F)(F)CNC1CCCCCC1. The summed E-state index contributed by atoms with van der Waals surface area (Å²) in [5.41, 5.74) is 0. The molecule has 0 saturated heterocycles. The van der Waals surface area contributed by atoms with Crippen LogP contribution in [0.2, 0.25) is 0 Å². The van der Waals surface area contributed by atoms with E-state index in [0.29, 0.717) is 0 Å². The third kappa shape index (κ3) is 4.33. The number of aliphatic hydroxyl groups excluding tert-OH is 1. The Morgan fingerprint density at radius 1 is 1.14 bits per heavy atom. The molecule has 0 aromatic heterocycles. The zero-order valence-electron chi connectivity index (χ0n) is 8.44. The van der Waals surface area contributed by atoms with Gasteiger partial charge in [-0.3, -0.25) is 0 Å². The second-order valence-corrected chi connectivity index (χ2v) is 4.08. The van der Waals surface area contributed by atoms with Gasteiger partial charge in [-0.2, -0.15) is 0 Å². The molecule has 14 heavy (non-hydrogen) atoms. The summed E-state index contributed by atoms with van der Waals surface area (Å²) in [7, 11) is 0. The number of alkyl halides is 2. The van der Waals surface area contributed by atoms with Crippen LogP contribution in [0.15, 0.2) is 0 Å². The summed E-state index contributed by atoms with van der Waals surface area (Å²) < 4.78 is 25.4. The highest BCUT2D eigenvalue weighted by atomic mass is 19.3. The van der Waals surface area contributed by atoms with Crippen LogP contribution in [0.4, 0.5) is 8.78 Å². The minimum atomic E-state index is -2.97. The first kappa shape index (κ1) is 11.9. The van der Waals surface area contributed by atoms with Gasteiger partial charge in [0.2, 0.25) is 0 Å². The zero-order valence-corrected chi connectivity index (χ0v) is 8.44. The molecule has 84 valence electrons. The van der Waals surface area contributed by atoms with Gasteiger partial charge in [-0.05, 0) is 12.8 Å². The second-order valence-electron chi connectivity index (χ2n) is 4.08. The number of halogens is 2. The van der Waals surface area contributed by atoms with Crippen LogP contribution < -0.4 is 5.32 Å². The smallest absolute Gasteiger partial charge is 0.282 e. The van der Waals surface area contributed by atoms with E-state index in [0.717, 1.165) is 25.7 Å². The van der Waals surface area contributed by atoms with Crippen molar-refractivity contribution >= 4 is 0 Å². The van der Waals surface area contributed by atoms with Crippen LogP contribution in [0.5, 0.6) is 0 Å². The van der Waals surface area contributed by atoms with Crippen molar-refractivity contribution in [3.05, 3.63) is 0 Å². The average Bonchev–Trinajstić information content (AvgIpc) is 2.43. The number of rotatable bonds is 4. The fourth-order valence-corrected chi connectivity index (χ4v) is 1.83. The van der Waals surface area contributed by atoms with Crippen LogP contribution >= 0.6 is 0 Å². The molecule has 0 radical (unpaired) electrons. The zero-order chi connectivity index (χ0) is 10.4. The van der Waals surface area contributed by atoms with Crippen molar-refractivity contribution in [3.8, 4) is 0 Å². The first-order valence-corrected chi connectivity index (χ1v) is 5.36. The lowest BCUT2D eigenvalue weighted by Gasteiger charge is -2.20. The van der Waals surface area contributed by atoms with Gasteiger partial charge in [0.15, 0.2) is 0 Å². The molecule has 1 aliphatic rings. The summed E-state index contributed by atoms with van der Waals surface area (Å²) in [5, 5.41) is 11.2. The summed E-state index contributed by atoms with van der Waals surface area (Å²) in [6.07, 6.45) is 6.66. The van der Waals surface area contributed by atoms with Gasteiger partial charge in [0, 0.05) is 6.04 Å². The lowest BCUT2D eigenvalue weighted by atomic mass is 10.1. The first-order chi connectivity index (χ1) is 6.64. The van der Waals surface area contributed by atoms with E-state index in [9.17, 15) is 8.78 Å². The maximum Gasteiger partial charge on any atom is 0.282 e. The summed E-state index contributed by atoms with van der Waals surface area (Å²) in [6.45, 7) is -1.46. The van der Waals surface area contributed by atoms with Crippen LogP contribution in [-0.4, -0.2) is 30.2 Å². The van der Waals surface area contributed by atoms with Gasteiger partial charge in [0.25, 0.3) is 5.92 Å². The van der Waals surface area contributed by atoms with Crippen LogP contribution in [0.3, 0.4) is 0 Å². The molecule has 0 bridgehead atoms. The number of hydrogen-bond acceptors (Lipinski definition) is 2. The molecule has 1 rings (SSSR count). The summed E-state index contributed by atoms with van der Waals surface area (Å²) >= 11 is 0. The van der Waals surface area contributed by atoms with Gasteiger partial charge >= 0.3 is 0 Å². The third-order valence-corrected chi connectivity index (χ3v) is 2.74. The molecule has 1 saturated carbocycles. The van der Waals surface area contributed by atoms with Crippen molar-refractivity contribution < 1.29 is 13.9 Å². The van der Waals surface area contributed by atoms with Crippen molar-refractivity contribution in [1.29, 1.82) is 0 Å². The molecule has 0 aliphatic heterocycles. The Labute approximate surface area is 83.7 Å². The van der Waals surface area contributed by atoms with E-state index in [1.807, 2.05) is 0 Å². The Kier molecular flexibility index (Phi) is 4.75. The molecule has 0 aromatic rings. The summed E-state index contributed by atoms with van der Waals surface area (Å²) in [5.74, 6) is -2.97. The maximum atomic E-state index is 12.7. The van der Waals surface area contributed by atoms with E-state index in [2.05, 4.69) is 5.32 Å². The van der Waals surface area contributed by atoms with Crippen LogP contribution in [0.25, 0.3) is 0 Å². The van der Waals surface area contributed by atoms with E-state index in [4.69, 9.17) is 5.11 Å². The number of nitrogens with one attached hydrogen (secondary N) is 1. The molecular formula is C10H19F2NO. The molecule has 1 aliphatic carbocycles. The fourth-order valence-electron chi connectivity index (χ4n) is 1.83. The largest absolute Gasteiger partial charge is 0.390 e. The van der Waals surface area contributed by atoms with Gasteiger partial charge in [-0.25, -0.2) is 8.78 Å². The van der Waals surface area contributed by atoms with Crippen LogP contribution in [0, 0.1) is 0 Å². The van der Waals surface area contributed by atoms with Crippen LogP contribution in [0.1, 0.15) is 38.5 Å². The Balaban J connectivity index is 2.22. The van der Waals surface area contributed by atoms with Gasteiger partial charge in [0.1, 0.15) is 6.61 Å². The highest BCUT2D eigenvalue weighted by Gasteiger charge is 2.28.